The van der Waals surface area contributed by atoms with Gasteiger partial charge >= 0.3 is 0 Å². The van der Waals surface area contributed by atoms with E-state index in [9.17, 15) is 9.90 Å². The number of aliphatic imine (C=N–C) groups is 1. The number of fused-ring (bicyclic) bond motifs is 1. The van der Waals surface area contributed by atoms with Gasteiger partial charge in [-0.2, -0.15) is 0 Å². The molecular weight excluding hydrogens is 266 g/mol. The van der Waals surface area contributed by atoms with E-state index in [-0.39, 0.29) is 23.3 Å². The summed E-state index contributed by atoms with van der Waals surface area (Å²) < 4.78 is 0. The quantitative estimate of drug-likeness (QED) is 0.822. The Labute approximate surface area is 121 Å². The Morgan fingerprint density at radius 3 is 2.52 bits per heavy atom. The monoisotopic (exact) mass is 277 g/mol. The number of pyridine rings is 1. The number of nitrogens with two attached hydrogens (primary N) is 1. The van der Waals surface area contributed by atoms with Gasteiger partial charge in [-0.05, 0) is 23.8 Å². The highest BCUT2D eigenvalue weighted by Gasteiger charge is 2.25. The molecule has 5 heteroatoms. The Bertz CT molecular complexity index is 751. The average molecular weight is 277 g/mol. The van der Waals surface area contributed by atoms with Crippen molar-refractivity contribution in [2.75, 3.05) is 0 Å². The number of nitrogens with zero attached hydrogens (tertiary/aromatic N) is 2. The first kappa shape index (κ1) is 13.2. The molecule has 0 bridgehead atoms. The molecule has 1 aliphatic rings. The van der Waals surface area contributed by atoms with Gasteiger partial charge in [0.05, 0.1) is 17.6 Å². The smallest absolute Gasteiger partial charge is 0.210 e. The van der Waals surface area contributed by atoms with E-state index < -0.39 is 0 Å². The molecule has 1 radical (unpaired) electrons. The van der Waals surface area contributed by atoms with Gasteiger partial charge in [0.1, 0.15) is 5.70 Å². The van der Waals surface area contributed by atoms with Crippen molar-refractivity contribution in [3.63, 3.8) is 0 Å². The molecule has 1 aliphatic carbocycles. The van der Waals surface area contributed by atoms with Crippen LogP contribution in [0.2, 0.25) is 0 Å². The molecule has 0 atom stereocenters. The van der Waals surface area contributed by atoms with Crippen LogP contribution in [0.15, 0.2) is 65.0 Å². The van der Waals surface area contributed by atoms with Crippen molar-refractivity contribution in [2.45, 2.75) is 0 Å². The van der Waals surface area contributed by atoms with Crippen molar-refractivity contribution in [3.8, 4) is 0 Å². The highest BCUT2D eigenvalue weighted by atomic mass is 16.3. The zero-order valence-electron chi connectivity index (χ0n) is 11.0. The summed E-state index contributed by atoms with van der Waals surface area (Å²) in [6.45, 7) is 0. The minimum atomic E-state index is -0.377. The van der Waals surface area contributed by atoms with Gasteiger partial charge in [0, 0.05) is 11.8 Å². The van der Waals surface area contributed by atoms with Crippen LogP contribution >= 0.6 is 0 Å². The lowest BCUT2D eigenvalue weighted by atomic mass is 9.89. The van der Waals surface area contributed by atoms with Gasteiger partial charge < -0.3 is 10.8 Å². The van der Waals surface area contributed by atoms with Crippen molar-refractivity contribution < 1.29 is 9.90 Å². The summed E-state index contributed by atoms with van der Waals surface area (Å²) in [7, 11) is 0. The summed E-state index contributed by atoms with van der Waals surface area (Å²) in [5.74, 6) is -0.377. The fraction of sp³-hybridized carbons (Fsp3) is 0. The number of benzene rings is 1. The number of carbonyl (C=O) groups excluding carboxylic acids is 1. The van der Waals surface area contributed by atoms with E-state index in [2.05, 4.69) is 9.98 Å². The fourth-order valence-corrected chi connectivity index (χ4v) is 2.09. The van der Waals surface area contributed by atoms with E-state index in [4.69, 9.17) is 5.73 Å². The van der Waals surface area contributed by atoms with Crippen LogP contribution in [-0.2, 0) is 0 Å². The number of Topliss-reactive ketones (excluding diaryl/α,β-unsaturated/α-hetero) is 1. The van der Waals surface area contributed by atoms with Crippen LogP contribution in [0.5, 0.6) is 0 Å². The third-order valence-corrected chi connectivity index (χ3v) is 3.14. The molecule has 0 saturated carbocycles. The Kier molecular flexibility index (Phi) is 3.33. The van der Waals surface area contributed by atoms with Gasteiger partial charge in [-0.3, -0.25) is 14.8 Å². The molecule has 2 aromatic rings. The van der Waals surface area contributed by atoms with Gasteiger partial charge in [-0.1, -0.05) is 30.3 Å². The van der Waals surface area contributed by atoms with Crippen LogP contribution in [0.1, 0.15) is 21.6 Å². The highest BCUT2D eigenvalue weighted by molar-refractivity contribution is 6.12. The SMILES string of the molecule is NC1=C(N=Cc2ccccn2)[C]([O-])c2ccccc2C1=O. The zero-order chi connectivity index (χ0) is 14.8. The normalized spacial score (nSPS) is 15.6. The van der Waals surface area contributed by atoms with Crippen LogP contribution < -0.4 is 10.8 Å². The number of carbonyl (C=O) groups is 1. The maximum Gasteiger partial charge on any atom is 0.210 e. The van der Waals surface area contributed by atoms with E-state index in [1.165, 1.54) is 6.21 Å². The van der Waals surface area contributed by atoms with Crippen molar-refractivity contribution in [3.05, 3.63) is 83.0 Å². The average Bonchev–Trinajstić information content (AvgIpc) is 2.54. The van der Waals surface area contributed by atoms with Gasteiger partial charge in [0.15, 0.2) is 0 Å². The molecule has 0 fully saturated rings. The zero-order valence-corrected chi connectivity index (χ0v) is 11.0. The molecule has 0 unspecified atom stereocenters. The topological polar surface area (TPSA) is 91.4 Å². The summed E-state index contributed by atoms with van der Waals surface area (Å²) >= 11 is 0. The third kappa shape index (κ3) is 2.34. The molecule has 0 saturated heterocycles. The lowest BCUT2D eigenvalue weighted by Gasteiger charge is -2.30. The first-order valence-electron chi connectivity index (χ1n) is 6.32. The molecule has 0 spiro atoms. The third-order valence-electron chi connectivity index (χ3n) is 3.14. The van der Waals surface area contributed by atoms with E-state index in [0.29, 0.717) is 16.8 Å². The Morgan fingerprint density at radius 2 is 1.81 bits per heavy atom. The first-order chi connectivity index (χ1) is 10.2. The van der Waals surface area contributed by atoms with Crippen molar-refractivity contribution in [1.82, 2.24) is 4.98 Å². The number of aromatic nitrogens is 1. The van der Waals surface area contributed by atoms with Crippen LogP contribution in [0.25, 0.3) is 0 Å². The van der Waals surface area contributed by atoms with Gasteiger partial charge in [0.25, 0.3) is 0 Å². The van der Waals surface area contributed by atoms with E-state index in [1.54, 1.807) is 48.7 Å². The molecule has 0 aliphatic heterocycles. The van der Waals surface area contributed by atoms with Crippen molar-refractivity contribution >= 4 is 12.0 Å². The minimum Gasteiger partial charge on any atom is -0.841 e. The Hall–Kier alpha value is -2.79. The van der Waals surface area contributed by atoms with Crippen LogP contribution in [0.3, 0.4) is 0 Å². The first-order valence-corrected chi connectivity index (χ1v) is 6.32. The fourth-order valence-electron chi connectivity index (χ4n) is 2.09. The predicted octanol–water partition coefficient (Wildman–Crippen LogP) is 0.808. The molecule has 103 valence electrons. The number of rotatable bonds is 2. The summed E-state index contributed by atoms with van der Waals surface area (Å²) in [6.07, 6.45) is 2.68. The van der Waals surface area contributed by atoms with Gasteiger partial charge in [-0.15, -0.1) is 0 Å². The minimum absolute atomic E-state index is 0.0376. The number of ketones is 1. The summed E-state index contributed by atoms with van der Waals surface area (Å²) in [5.41, 5.74) is 6.82. The van der Waals surface area contributed by atoms with Crippen LogP contribution in [-0.4, -0.2) is 17.0 Å². The molecule has 0 amide bonds. The molecule has 1 aromatic heterocycles. The largest absolute Gasteiger partial charge is 0.841 e. The standard InChI is InChI=1S/C16H11N3O2/c17-13-14(19-9-10-5-3-4-8-18-10)16(21)12-7-2-1-6-11(12)15(13)20/h1-9H,17H2/q-1. The second-order valence-electron chi connectivity index (χ2n) is 4.48. The summed E-state index contributed by atoms with van der Waals surface area (Å²) in [5, 5.41) is 12.4. The van der Waals surface area contributed by atoms with Crippen molar-refractivity contribution in [1.29, 1.82) is 0 Å². The number of allylic oxidation sites excluding steroid dienone is 1. The molecule has 21 heavy (non-hydrogen) atoms. The lowest BCUT2D eigenvalue weighted by Crippen LogP contribution is -2.31. The molecule has 1 heterocycles. The Morgan fingerprint density at radius 1 is 1.10 bits per heavy atom. The lowest BCUT2D eigenvalue weighted by molar-refractivity contribution is -0.335. The predicted molar refractivity (Wildman–Crippen MR) is 76.2 cm³/mol. The second-order valence-corrected chi connectivity index (χ2v) is 4.48. The molecule has 5 nitrogen and oxygen atoms in total. The maximum absolute atomic E-state index is 12.4. The molecular formula is C16H11N3O2-. The van der Waals surface area contributed by atoms with E-state index in [0.717, 1.165) is 0 Å². The van der Waals surface area contributed by atoms with Gasteiger partial charge in [0.2, 0.25) is 5.78 Å². The Balaban J connectivity index is 2.01. The second kappa shape index (κ2) is 5.30. The number of hydrogen-bond donors (Lipinski definition) is 1. The van der Waals surface area contributed by atoms with Crippen LogP contribution in [0, 0.1) is 6.10 Å². The summed E-state index contributed by atoms with van der Waals surface area (Å²) in [6, 6.07) is 11.9. The van der Waals surface area contributed by atoms with E-state index in [1.807, 2.05) is 0 Å². The highest BCUT2D eigenvalue weighted by Crippen LogP contribution is 2.30. The number of hydrogen-bond acceptors (Lipinski definition) is 5. The van der Waals surface area contributed by atoms with Crippen molar-refractivity contribution in [2.24, 2.45) is 10.7 Å². The van der Waals surface area contributed by atoms with Gasteiger partial charge in [-0.25, -0.2) is 0 Å². The summed E-state index contributed by atoms with van der Waals surface area (Å²) in [4.78, 5) is 20.3. The molecule has 1 aromatic carbocycles. The van der Waals surface area contributed by atoms with Crippen LogP contribution in [0.4, 0.5) is 0 Å². The maximum atomic E-state index is 12.4. The molecule has 2 N–H and O–H groups in total. The molecule has 3 rings (SSSR count). The van der Waals surface area contributed by atoms with E-state index >= 15 is 0 Å².